The molecule has 15 heavy (non-hydrogen) atoms. The summed E-state index contributed by atoms with van der Waals surface area (Å²) in [7, 11) is 0. The van der Waals surface area contributed by atoms with Crippen LogP contribution in [0.1, 0.15) is 37.5 Å². The van der Waals surface area contributed by atoms with Gasteiger partial charge in [0.1, 0.15) is 0 Å². The van der Waals surface area contributed by atoms with Gasteiger partial charge in [-0.1, -0.05) is 20.8 Å². The zero-order valence-electron chi connectivity index (χ0n) is 9.92. The Kier molecular flexibility index (Phi) is 2.84. The molecule has 0 N–H and O–H groups in total. The summed E-state index contributed by atoms with van der Waals surface area (Å²) in [5.74, 6) is 0. The van der Waals surface area contributed by atoms with Crippen molar-refractivity contribution < 1.29 is 4.92 Å². The maximum Gasteiger partial charge on any atom is 0.272 e. The van der Waals surface area contributed by atoms with Gasteiger partial charge in [-0.15, -0.1) is 0 Å². The summed E-state index contributed by atoms with van der Waals surface area (Å²) < 4.78 is 0. The van der Waals surface area contributed by atoms with Crippen molar-refractivity contribution in [3.05, 3.63) is 38.9 Å². The summed E-state index contributed by atoms with van der Waals surface area (Å²) in [6, 6.07) is 3.59. The van der Waals surface area contributed by atoms with E-state index in [2.05, 4.69) is 20.8 Å². The molecule has 0 aliphatic heterocycles. The molecule has 1 aromatic carbocycles. The third-order valence-corrected chi connectivity index (χ3v) is 2.55. The second kappa shape index (κ2) is 3.65. The van der Waals surface area contributed by atoms with E-state index in [1.807, 2.05) is 13.0 Å². The highest BCUT2D eigenvalue weighted by Crippen LogP contribution is 2.30. The first-order valence-electron chi connectivity index (χ1n) is 4.99. The van der Waals surface area contributed by atoms with Gasteiger partial charge in [0.25, 0.3) is 5.69 Å². The van der Waals surface area contributed by atoms with E-state index in [1.54, 1.807) is 13.0 Å². The highest BCUT2D eigenvalue weighted by Gasteiger charge is 2.20. The van der Waals surface area contributed by atoms with Crippen LogP contribution in [0.4, 0.5) is 5.69 Å². The molecular weight excluding hydrogens is 190 g/mol. The summed E-state index contributed by atoms with van der Waals surface area (Å²) in [4.78, 5) is 10.4. The quantitative estimate of drug-likeness (QED) is 0.522. The van der Waals surface area contributed by atoms with Crippen LogP contribution in [0, 0.1) is 24.0 Å². The predicted octanol–water partition coefficient (Wildman–Crippen LogP) is 3.51. The van der Waals surface area contributed by atoms with Gasteiger partial charge < -0.3 is 0 Å². The molecule has 0 aromatic heterocycles. The van der Waals surface area contributed by atoms with Crippen molar-refractivity contribution in [2.24, 2.45) is 0 Å². The molecule has 1 rings (SSSR count). The van der Waals surface area contributed by atoms with Crippen LogP contribution >= 0.6 is 0 Å². The molecule has 0 fully saturated rings. The average Bonchev–Trinajstić information content (AvgIpc) is 2.06. The number of hydrogen-bond acceptors (Lipinski definition) is 2. The van der Waals surface area contributed by atoms with Crippen molar-refractivity contribution in [2.75, 3.05) is 0 Å². The minimum atomic E-state index is -0.325. The van der Waals surface area contributed by atoms with Gasteiger partial charge in [-0.05, 0) is 36.5 Å². The monoisotopic (exact) mass is 207 g/mol. The van der Waals surface area contributed by atoms with Crippen LogP contribution in [0.25, 0.3) is 0 Å². The van der Waals surface area contributed by atoms with E-state index in [0.717, 1.165) is 11.1 Å². The fourth-order valence-electron chi connectivity index (χ4n) is 1.81. The molecule has 0 saturated carbocycles. The van der Waals surface area contributed by atoms with E-state index >= 15 is 0 Å². The Hall–Kier alpha value is -1.38. The molecule has 0 bridgehead atoms. The standard InChI is InChI=1S/C12H17NO2/c1-8-7-11(13(14)15)9(2)6-10(8)12(3,4)5/h6-7H,1-5H3. The minimum absolute atomic E-state index is 0.0317. The maximum absolute atomic E-state index is 10.7. The van der Waals surface area contributed by atoms with Gasteiger partial charge in [0.05, 0.1) is 4.92 Å². The summed E-state index contributed by atoms with van der Waals surface area (Å²) in [6.45, 7) is 10.0. The predicted molar refractivity (Wildman–Crippen MR) is 61.3 cm³/mol. The number of benzene rings is 1. The van der Waals surface area contributed by atoms with Crippen LogP contribution in [0.15, 0.2) is 12.1 Å². The summed E-state index contributed by atoms with van der Waals surface area (Å²) >= 11 is 0. The molecule has 0 atom stereocenters. The fourth-order valence-corrected chi connectivity index (χ4v) is 1.81. The van der Waals surface area contributed by atoms with Crippen molar-refractivity contribution in [2.45, 2.75) is 40.0 Å². The zero-order chi connectivity index (χ0) is 11.8. The van der Waals surface area contributed by atoms with Crippen molar-refractivity contribution in [1.29, 1.82) is 0 Å². The maximum atomic E-state index is 10.7. The van der Waals surface area contributed by atoms with Crippen LogP contribution in [-0.2, 0) is 5.41 Å². The van der Waals surface area contributed by atoms with Gasteiger partial charge in [-0.2, -0.15) is 0 Å². The molecule has 0 aliphatic rings. The number of rotatable bonds is 1. The first-order valence-corrected chi connectivity index (χ1v) is 4.99. The molecule has 0 unspecified atom stereocenters. The van der Waals surface area contributed by atoms with Crippen LogP contribution in [-0.4, -0.2) is 4.92 Å². The molecule has 3 nitrogen and oxygen atoms in total. The minimum Gasteiger partial charge on any atom is -0.258 e. The van der Waals surface area contributed by atoms with Crippen molar-refractivity contribution >= 4 is 5.69 Å². The first kappa shape index (κ1) is 11.7. The largest absolute Gasteiger partial charge is 0.272 e. The van der Waals surface area contributed by atoms with E-state index in [4.69, 9.17) is 0 Å². The molecule has 0 heterocycles. The first-order chi connectivity index (χ1) is 6.73. The number of nitro groups is 1. The van der Waals surface area contributed by atoms with Gasteiger partial charge in [0.15, 0.2) is 0 Å². The van der Waals surface area contributed by atoms with Gasteiger partial charge >= 0.3 is 0 Å². The topological polar surface area (TPSA) is 43.1 Å². The van der Waals surface area contributed by atoms with Crippen LogP contribution in [0.3, 0.4) is 0 Å². The van der Waals surface area contributed by atoms with Crippen LogP contribution in [0.2, 0.25) is 0 Å². The number of hydrogen-bond donors (Lipinski definition) is 0. The normalized spacial score (nSPS) is 11.5. The molecule has 82 valence electrons. The van der Waals surface area contributed by atoms with Gasteiger partial charge in [0.2, 0.25) is 0 Å². The molecular formula is C12H17NO2. The fraction of sp³-hybridized carbons (Fsp3) is 0.500. The van der Waals surface area contributed by atoms with E-state index in [1.165, 1.54) is 5.56 Å². The van der Waals surface area contributed by atoms with E-state index in [0.29, 0.717) is 0 Å². The second-order valence-corrected chi connectivity index (χ2v) is 4.96. The van der Waals surface area contributed by atoms with Crippen molar-refractivity contribution in [3.8, 4) is 0 Å². The Morgan fingerprint density at radius 3 is 2.07 bits per heavy atom. The lowest BCUT2D eigenvalue weighted by Gasteiger charge is -2.22. The Bertz CT molecular complexity index is 403. The summed E-state index contributed by atoms with van der Waals surface area (Å²) in [6.07, 6.45) is 0. The lowest BCUT2D eigenvalue weighted by atomic mass is 9.83. The van der Waals surface area contributed by atoms with E-state index < -0.39 is 0 Å². The SMILES string of the molecule is Cc1cc(C(C)(C)C)c(C)cc1[N+](=O)[O-]. The van der Waals surface area contributed by atoms with Gasteiger partial charge in [0, 0.05) is 11.6 Å². The lowest BCUT2D eigenvalue weighted by molar-refractivity contribution is -0.385. The molecule has 0 amide bonds. The van der Waals surface area contributed by atoms with Gasteiger partial charge in [-0.3, -0.25) is 10.1 Å². The van der Waals surface area contributed by atoms with Crippen molar-refractivity contribution in [3.63, 3.8) is 0 Å². The third-order valence-electron chi connectivity index (χ3n) is 2.55. The van der Waals surface area contributed by atoms with Crippen molar-refractivity contribution in [1.82, 2.24) is 0 Å². The Morgan fingerprint density at radius 2 is 1.67 bits per heavy atom. The molecule has 1 aromatic rings. The van der Waals surface area contributed by atoms with Gasteiger partial charge in [-0.25, -0.2) is 0 Å². The summed E-state index contributed by atoms with van der Waals surface area (Å²) in [5.41, 5.74) is 3.13. The molecule has 0 radical (unpaired) electrons. The smallest absolute Gasteiger partial charge is 0.258 e. The Balaban J connectivity index is 3.39. The highest BCUT2D eigenvalue weighted by molar-refractivity contribution is 5.48. The number of nitrogens with zero attached hydrogens (tertiary/aromatic N) is 1. The third kappa shape index (κ3) is 2.35. The lowest BCUT2D eigenvalue weighted by Crippen LogP contribution is -2.13. The molecule has 0 saturated heterocycles. The highest BCUT2D eigenvalue weighted by atomic mass is 16.6. The molecule has 3 heteroatoms. The Labute approximate surface area is 90.3 Å². The van der Waals surface area contributed by atoms with E-state index in [-0.39, 0.29) is 16.0 Å². The average molecular weight is 207 g/mol. The summed E-state index contributed by atoms with van der Waals surface area (Å²) in [5, 5.41) is 10.7. The Morgan fingerprint density at radius 1 is 1.13 bits per heavy atom. The van der Waals surface area contributed by atoms with E-state index in [9.17, 15) is 10.1 Å². The van der Waals surface area contributed by atoms with Crippen LogP contribution in [0.5, 0.6) is 0 Å². The molecule has 0 aliphatic carbocycles. The number of aryl methyl sites for hydroxylation is 2. The number of nitro benzene ring substituents is 1. The second-order valence-electron chi connectivity index (χ2n) is 4.96. The van der Waals surface area contributed by atoms with Crippen LogP contribution < -0.4 is 0 Å². The molecule has 0 spiro atoms. The zero-order valence-corrected chi connectivity index (χ0v) is 9.92.